The number of ketones is 1. The third kappa shape index (κ3) is 7.20. The lowest BCUT2D eigenvalue weighted by Crippen LogP contribution is -2.36. The Bertz CT molecular complexity index is 1390. The van der Waals surface area contributed by atoms with Crippen molar-refractivity contribution in [2.75, 3.05) is 7.11 Å². The van der Waals surface area contributed by atoms with Gasteiger partial charge in [-0.2, -0.15) is 0 Å². The molecule has 0 amide bonds. The molecule has 6 nitrogen and oxygen atoms in total. The van der Waals surface area contributed by atoms with Crippen LogP contribution in [0.2, 0.25) is 0 Å². The van der Waals surface area contributed by atoms with E-state index in [0.717, 1.165) is 30.2 Å². The number of aromatic nitrogens is 1. The molecule has 218 valence electrons. The summed E-state index contributed by atoms with van der Waals surface area (Å²) in [6.45, 7) is 12.6. The number of nitrogens with zero attached hydrogens (tertiary/aromatic N) is 2. The highest BCUT2D eigenvalue weighted by molar-refractivity contribution is 5.92. The minimum atomic E-state index is -0.494. The summed E-state index contributed by atoms with van der Waals surface area (Å²) in [5.74, 6) is 0.446. The zero-order chi connectivity index (χ0) is 29.8. The van der Waals surface area contributed by atoms with Crippen molar-refractivity contribution < 1.29 is 23.5 Å². The largest absolute Gasteiger partial charge is 0.481 e. The topological polar surface area (TPSA) is 68.7 Å². The Hall–Kier alpha value is -3.58. The van der Waals surface area contributed by atoms with Crippen molar-refractivity contribution >= 4 is 11.8 Å². The minimum absolute atomic E-state index is 0.0966. The molecule has 1 fully saturated rings. The Labute approximate surface area is 242 Å². The van der Waals surface area contributed by atoms with Crippen LogP contribution in [0.5, 0.6) is 11.6 Å². The number of halogens is 1. The molecule has 0 aliphatic heterocycles. The molecule has 3 aromatic rings. The first-order valence-corrected chi connectivity index (χ1v) is 14.4. The van der Waals surface area contributed by atoms with E-state index >= 15 is 0 Å². The summed E-state index contributed by atoms with van der Waals surface area (Å²) in [5.41, 5.74) is 3.21. The number of rotatable bonds is 12. The van der Waals surface area contributed by atoms with Crippen LogP contribution in [0.25, 0.3) is 11.1 Å². The van der Waals surface area contributed by atoms with Gasteiger partial charge < -0.3 is 9.47 Å². The predicted molar refractivity (Wildman–Crippen MR) is 159 cm³/mol. The van der Waals surface area contributed by atoms with Crippen molar-refractivity contribution in [1.82, 2.24) is 9.88 Å². The van der Waals surface area contributed by atoms with Gasteiger partial charge in [-0.15, -0.1) is 0 Å². The number of carbonyl (C=O) groups excluding carboxylic acids is 2. The normalized spacial score (nSPS) is 14.8. The fourth-order valence-electron chi connectivity index (χ4n) is 5.64. The van der Waals surface area contributed by atoms with E-state index in [-0.39, 0.29) is 29.7 Å². The first kappa shape index (κ1) is 30.4. The summed E-state index contributed by atoms with van der Waals surface area (Å²) in [7, 11) is 1.49. The van der Waals surface area contributed by atoms with E-state index in [1.807, 2.05) is 25.1 Å². The Kier molecular flexibility index (Phi) is 9.59. The number of ether oxygens (including phenoxy) is 2. The minimum Gasteiger partial charge on any atom is -0.481 e. The average Bonchev–Trinajstić information content (AvgIpc) is 3.77. The van der Waals surface area contributed by atoms with Gasteiger partial charge in [0.05, 0.1) is 18.9 Å². The fourth-order valence-corrected chi connectivity index (χ4v) is 5.64. The van der Waals surface area contributed by atoms with E-state index in [1.165, 1.54) is 7.11 Å². The molecule has 0 radical (unpaired) electrons. The summed E-state index contributed by atoms with van der Waals surface area (Å²) in [4.78, 5) is 31.9. The van der Waals surface area contributed by atoms with Gasteiger partial charge in [-0.1, -0.05) is 25.1 Å². The second-order valence-corrected chi connectivity index (χ2v) is 11.7. The van der Waals surface area contributed by atoms with Crippen LogP contribution < -0.4 is 9.47 Å². The van der Waals surface area contributed by atoms with Gasteiger partial charge in [-0.3, -0.25) is 9.69 Å². The van der Waals surface area contributed by atoms with Crippen LogP contribution in [0.15, 0.2) is 54.7 Å². The summed E-state index contributed by atoms with van der Waals surface area (Å²) in [5, 5.41) is 0. The lowest BCUT2D eigenvalue weighted by atomic mass is 9.81. The number of esters is 1. The summed E-state index contributed by atoms with van der Waals surface area (Å²) in [6.07, 6.45) is 3.36. The number of carbonyl (C=O) groups is 2. The molecule has 0 bridgehead atoms. The third-order valence-corrected chi connectivity index (χ3v) is 8.11. The van der Waals surface area contributed by atoms with Crippen LogP contribution in [0.4, 0.5) is 4.39 Å². The van der Waals surface area contributed by atoms with Crippen LogP contribution in [0, 0.1) is 17.7 Å². The van der Waals surface area contributed by atoms with Gasteiger partial charge in [0, 0.05) is 36.2 Å². The first-order chi connectivity index (χ1) is 19.5. The van der Waals surface area contributed by atoms with Gasteiger partial charge in [0.15, 0.2) is 0 Å². The van der Waals surface area contributed by atoms with Crippen LogP contribution in [0.3, 0.4) is 0 Å². The van der Waals surface area contributed by atoms with Gasteiger partial charge in [0.1, 0.15) is 17.3 Å². The second-order valence-electron chi connectivity index (χ2n) is 11.7. The maximum Gasteiger partial charge on any atom is 0.343 e. The highest BCUT2D eigenvalue weighted by atomic mass is 19.1. The van der Waals surface area contributed by atoms with Gasteiger partial charge in [-0.05, 0) is 100 Å². The molecule has 1 aliphatic carbocycles. The molecule has 2 aromatic carbocycles. The van der Waals surface area contributed by atoms with Crippen LogP contribution in [-0.4, -0.2) is 40.8 Å². The van der Waals surface area contributed by atoms with Crippen molar-refractivity contribution in [2.24, 2.45) is 11.8 Å². The van der Waals surface area contributed by atoms with E-state index in [9.17, 15) is 14.0 Å². The number of hydrogen-bond acceptors (Lipinski definition) is 6. The van der Waals surface area contributed by atoms with Crippen molar-refractivity contribution in [3.05, 3.63) is 77.2 Å². The molecule has 0 N–H and O–H groups in total. The zero-order valence-electron chi connectivity index (χ0n) is 25.1. The Balaban J connectivity index is 1.67. The Morgan fingerprint density at radius 2 is 1.71 bits per heavy atom. The molecule has 1 aliphatic rings. The number of methoxy groups -OCH3 is 1. The summed E-state index contributed by atoms with van der Waals surface area (Å²) >= 11 is 0. The van der Waals surface area contributed by atoms with Crippen LogP contribution >= 0.6 is 0 Å². The Morgan fingerprint density at radius 3 is 2.32 bits per heavy atom. The molecule has 0 unspecified atom stereocenters. The molecule has 4 rings (SSSR count). The SMILES string of the molecule is COc1cc(-c2ccc(C(=O)Oc3cccc([C@H](C4CC4)[C@H](C)C(C)=O)c3)cc2CN(C(C)C)C(C)C)c(F)cn1. The molecule has 2 atom stereocenters. The fraction of sp³-hybridized carbons (Fsp3) is 0.441. The number of hydrogen-bond donors (Lipinski definition) is 0. The zero-order valence-corrected chi connectivity index (χ0v) is 25.1. The van der Waals surface area contributed by atoms with Crippen molar-refractivity contribution in [1.29, 1.82) is 0 Å². The van der Waals surface area contributed by atoms with E-state index < -0.39 is 11.8 Å². The Morgan fingerprint density at radius 1 is 1.00 bits per heavy atom. The van der Waals surface area contributed by atoms with E-state index in [2.05, 4.69) is 37.6 Å². The van der Waals surface area contributed by atoms with Gasteiger partial charge in [0.2, 0.25) is 5.88 Å². The van der Waals surface area contributed by atoms with Crippen LogP contribution in [-0.2, 0) is 11.3 Å². The number of pyridine rings is 1. The maximum atomic E-state index is 15.0. The summed E-state index contributed by atoms with van der Waals surface area (Å²) < 4.78 is 26.1. The number of benzene rings is 2. The maximum absolute atomic E-state index is 15.0. The van der Waals surface area contributed by atoms with Gasteiger partial charge >= 0.3 is 5.97 Å². The first-order valence-electron chi connectivity index (χ1n) is 14.4. The third-order valence-electron chi connectivity index (χ3n) is 8.11. The molecule has 1 saturated carbocycles. The van der Waals surface area contributed by atoms with Crippen molar-refractivity contribution in [2.45, 2.75) is 78.9 Å². The molecule has 41 heavy (non-hydrogen) atoms. The van der Waals surface area contributed by atoms with Crippen molar-refractivity contribution in [3.63, 3.8) is 0 Å². The highest BCUT2D eigenvalue weighted by Gasteiger charge is 2.37. The van der Waals surface area contributed by atoms with Crippen LogP contribution in [0.1, 0.15) is 81.8 Å². The highest BCUT2D eigenvalue weighted by Crippen LogP contribution is 2.47. The molecule has 1 heterocycles. The average molecular weight is 561 g/mol. The molecule has 1 aromatic heterocycles. The van der Waals surface area contributed by atoms with E-state index in [0.29, 0.717) is 40.8 Å². The quantitative estimate of drug-likeness (QED) is 0.169. The second kappa shape index (κ2) is 12.9. The molecular formula is C34H41FN2O4. The molecule has 0 saturated heterocycles. The van der Waals surface area contributed by atoms with Gasteiger partial charge in [-0.25, -0.2) is 14.2 Å². The predicted octanol–water partition coefficient (Wildman–Crippen LogP) is 7.45. The molecule has 7 heteroatoms. The standard InChI is InChI=1S/C34H41FN2O4/c1-20(2)37(21(3)4)19-27-15-26(13-14-29(27)30-17-32(40-7)36-18-31(30)35)34(39)41-28-10-8-9-25(16-28)33(24-11-12-24)22(5)23(6)38/h8-10,13-18,20-22,24,33H,11-12,19H2,1-7H3/t22-,33+/m1/s1. The summed E-state index contributed by atoms with van der Waals surface area (Å²) in [6, 6.07) is 14.8. The monoisotopic (exact) mass is 560 g/mol. The smallest absolute Gasteiger partial charge is 0.343 e. The molecule has 0 spiro atoms. The van der Waals surface area contributed by atoms with Gasteiger partial charge in [0.25, 0.3) is 0 Å². The van der Waals surface area contributed by atoms with E-state index in [4.69, 9.17) is 9.47 Å². The van der Waals surface area contributed by atoms with E-state index in [1.54, 1.807) is 37.3 Å². The lowest BCUT2D eigenvalue weighted by Gasteiger charge is -2.31. The lowest BCUT2D eigenvalue weighted by molar-refractivity contribution is -0.121. The number of Topliss-reactive ketones (excluding diaryl/α,β-unsaturated/α-hetero) is 1. The molecular weight excluding hydrogens is 519 g/mol. The van der Waals surface area contributed by atoms with Crippen molar-refractivity contribution in [3.8, 4) is 22.8 Å².